The maximum Gasteiger partial charge on any atom is 0.234 e. The highest BCUT2D eigenvalue weighted by molar-refractivity contribution is 6.29. The fourth-order valence-electron chi connectivity index (χ4n) is 1.45. The Morgan fingerprint density at radius 2 is 2.11 bits per heavy atom. The van der Waals surface area contributed by atoms with E-state index in [-0.39, 0.29) is 35.4 Å². The van der Waals surface area contributed by atoms with Gasteiger partial charge >= 0.3 is 0 Å². The van der Waals surface area contributed by atoms with E-state index >= 15 is 0 Å². The molecule has 0 aliphatic heterocycles. The third-order valence-electron chi connectivity index (χ3n) is 2.27. The lowest BCUT2D eigenvalue weighted by Crippen LogP contribution is -2.38. The number of carbonyl (C=O) groups is 1. The highest BCUT2D eigenvalue weighted by atomic mass is 35.5. The van der Waals surface area contributed by atoms with Crippen LogP contribution in [0, 0.1) is 5.82 Å². The van der Waals surface area contributed by atoms with Crippen molar-refractivity contribution in [1.82, 2.24) is 15.6 Å². The molecule has 0 fully saturated rings. The number of hydrogen-bond donors (Lipinski definition) is 2. The smallest absolute Gasteiger partial charge is 0.234 e. The van der Waals surface area contributed by atoms with Crippen LogP contribution in [0.5, 0.6) is 0 Å². The second-order valence-corrected chi connectivity index (χ2v) is 4.71. The predicted octanol–water partition coefficient (Wildman–Crippen LogP) is 2.05. The van der Waals surface area contributed by atoms with E-state index in [9.17, 15) is 9.18 Å². The van der Waals surface area contributed by atoms with Gasteiger partial charge in [-0.05, 0) is 32.9 Å². The summed E-state index contributed by atoms with van der Waals surface area (Å²) in [7, 11) is 0. The molecule has 0 bridgehead atoms. The zero-order valence-corrected chi connectivity index (χ0v) is 11.4. The summed E-state index contributed by atoms with van der Waals surface area (Å²) in [6, 6.07) is 2.34. The van der Waals surface area contributed by atoms with Crippen LogP contribution in [-0.4, -0.2) is 23.5 Å². The van der Waals surface area contributed by atoms with Crippen LogP contribution in [0.1, 0.15) is 32.5 Å². The van der Waals surface area contributed by atoms with Crippen molar-refractivity contribution in [3.05, 3.63) is 28.8 Å². The molecular formula is C12H17ClFN3O. The summed E-state index contributed by atoms with van der Waals surface area (Å²) >= 11 is 5.71. The number of nitrogens with one attached hydrogen (secondary N) is 2. The molecular weight excluding hydrogens is 257 g/mol. The average molecular weight is 274 g/mol. The molecule has 100 valence electrons. The Bertz CT molecular complexity index is 426. The summed E-state index contributed by atoms with van der Waals surface area (Å²) in [6.45, 7) is 5.58. The number of halogens is 2. The molecule has 2 N–H and O–H groups in total. The van der Waals surface area contributed by atoms with Crippen molar-refractivity contribution in [2.45, 2.75) is 32.9 Å². The number of amides is 1. The zero-order valence-electron chi connectivity index (χ0n) is 10.6. The molecule has 0 aliphatic carbocycles. The van der Waals surface area contributed by atoms with Gasteiger partial charge in [-0.2, -0.15) is 0 Å². The molecule has 0 aromatic carbocycles. The molecule has 1 heterocycles. The first-order valence-electron chi connectivity index (χ1n) is 5.75. The van der Waals surface area contributed by atoms with Crippen molar-refractivity contribution in [2.24, 2.45) is 0 Å². The molecule has 0 saturated carbocycles. The largest absolute Gasteiger partial charge is 0.353 e. The molecule has 0 saturated heterocycles. The van der Waals surface area contributed by atoms with Crippen LogP contribution < -0.4 is 10.6 Å². The number of nitrogens with zero attached hydrogens (tertiary/aromatic N) is 1. The van der Waals surface area contributed by atoms with Crippen LogP contribution in [0.15, 0.2) is 12.1 Å². The summed E-state index contributed by atoms with van der Waals surface area (Å²) in [4.78, 5) is 15.3. The van der Waals surface area contributed by atoms with E-state index in [0.29, 0.717) is 0 Å². The molecule has 1 rings (SSSR count). The lowest BCUT2D eigenvalue weighted by molar-refractivity contribution is -0.120. The number of pyridine rings is 1. The van der Waals surface area contributed by atoms with Gasteiger partial charge in [0.1, 0.15) is 11.0 Å². The van der Waals surface area contributed by atoms with E-state index in [0.717, 1.165) is 0 Å². The molecule has 6 heteroatoms. The van der Waals surface area contributed by atoms with E-state index in [1.807, 2.05) is 13.8 Å². The van der Waals surface area contributed by atoms with Crippen LogP contribution in [0.2, 0.25) is 5.15 Å². The SMILES string of the molecule is CC(C)NC(=O)CNC(C)c1nc(Cl)ccc1F. The van der Waals surface area contributed by atoms with Crippen LogP contribution in [0.4, 0.5) is 4.39 Å². The summed E-state index contributed by atoms with van der Waals surface area (Å²) in [6.07, 6.45) is 0. The molecule has 0 aliphatic rings. The van der Waals surface area contributed by atoms with Crippen molar-refractivity contribution < 1.29 is 9.18 Å². The van der Waals surface area contributed by atoms with Crippen LogP contribution in [0.25, 0.3) is 0 Å². The van der Waals surface area contributed by atoms with Gasteiger partial charge in [-0.25, -0.2) is 9.37 Å². The van der Waals surface area contributed by atoms with Gasteiger partial charge < -0.3 is 10.6 Å². The Kier molecular flexibility index (Phi) is 5.50. The summed E-state index contributed by atoms with van der Waals surface area (Å²) in [5, 5.41) is 5.86. The van der Waals surface area contributed by atoms with Crippen molar-refractivity contribution in [1.29, 1.82) is 0 Å². The quantitative estimate of drug-likeness (QED) is 0.808. The minimum Gasteiger partial charge on any atom is -0.353 e. The van der Waals surface area contributed by atoms with Gasteiger partial charge in [0.15, 0.2) is 0 Å². The van der Waals surface area contributed by atoms with E-state index < -0.39 is 5.82 Å². The van der Waals surface area contributed by atoms with Gasteiger partial charge in [-0.3, -0.25) is 4.79 Å². The third-order valence-corrected chi connectivity index (χ3v) is 2.48. The standard InChI is InChI=1S/C12H17ClFN3O/c1-7(2)16-11(18)6-15-8(3)12-9(14)4-5-10(13)17-12/h4-5,7-8,15H,6H2,1-3H3,(H,16,18). The lowest BCUT2D eigenvalue weighted by Gasteiger charge is -2.15. The molecule has 18 heavy (non-hydrogen) atoms. The lowest BCUT2D eigenvalue weighted by atomic mass is 10.2. The highest BCUT2D eigenvalue weighted by Crippen LogP contribution is 2.16. The summed E-state index contributed by atoms with van der Waals surface area (Å²) in [5.74, 6) is -0.581. The van der Waals surface area contributed by atoms with Crippen molar-refractivity contribution in [2.75, 3.05) is 6.54 Å². The topological polar surface area (TPSA) is 54.0 Å². The molecule has 1 unspecified atom stereocenters. The molecule has 4 nitrogen and oxygen atoms in total. The first-order valence-corrected chi connectivity index (χ1v) is 6.12. The van der Waals surface area contributed by atoms with Gasteiger partial charge in [-0.1, -0.05) is 11.6 Å². The molecule has 1 atom stereocenters. The Balaban J connectivity index is 2.57. The zero-order chi connectivity index (χ0) is 13.7. The number of hydrogen-bond acceptors (Lipinski definition) is 3. The van der Waals surface area contributed by atoms with Crippen LogP contribution in [-0.2, 0) is 4.79 Å². The molecule has 1 aromatic rings. The van der Waals surface area contributed by atoms with E-state index in [2.05, 4.69) is 15.6 Å². The van der Waals surface area contributed by atoms with E-state index in [4.69, 9.17) is 11.6 Å². The summed E-state index contributed by atoms with van der Waals surface area (Å²) in [5.41, 5.74) is 0.208. The van der Waals surface area contributed by atoms with Gasteiger partial charge in [0.05, 0.1) is 18.3 Å². The molecule has 0 spiro atoms. The molecule has 1 amide bonds. The minimum atomic E-state index is -0.441. The Labute approximate surface area is 111 Å². The second-order valence-electron chi connectivity index (χ2n) is 4.33. The minimum absolute atomic E-state index is 0.0793. The van der Waals surface area contributed by atoms with E-state index in [1.54, 1.807) is 6.92 Å². The fraction of sp³-hybridized carbons (Fsp3) is 0.500. The van der Waals surface area contributed by atoms with Gasteiger partial charge in [0, 0.05) is 6.04 Å². The predicted molar refractivity (Wildman–Crippen MR) is 68.9 cm³/mol. The van der Waals surface area contributed by atoms with Gasteiger partial charge in [0.2, 0.25) is 5.91 Å². The second kappa shape index (κ2) is 6.66. The van der Waals surface area contributed by atoms with Crippen molar-refractivity contribution in [3.63, 3.8) is 0 Å². The highest BCUT2D eigenvalue weighted by Gasteiger charge is 2.14. The van der Waals surface area contributed by atoms with Gasteiger partial charge in [-0.15, -0.1) is 0 Å². The fourth-order valence-corrected chi connectivity index (χ4v) is 1.61. The van der Waals surface area contributed by atoms with Crippen molar-refractivity contribution >= 4 is 17.5 Å². The monoisotopic (exact) mass is 273 g/mol. The molecule has 1 aromatic heterocycles. The first-order chi connectivity index (χ1) is 8.40. The third kappa shape index (κ3) is 4.58. The van der Waals surface area contributed by atoms with Crippen molar-refractivity contribution in [3.8, 4) is 0 Å². The maximum atomic E-state index is 13.5. The van der Waals surface area contributed by atoms with Crippen LogP contribution in [0.3, 0.4) is 0 Å². The van der Waals surface area contributed by atoms with Gasteiger partial charge in [0.25, 0.3) is 0 Å². The Morgan fingerprint density at radius 1 is 1.44 bits per heavy atom. The number of carbonyl (C=O) groups excluding carboxylic acids is 1. The maximum absolute atomic E-state index is 13.5. The Morgan fingerprint density at radius 3 is 2.72 bits per heavy atom. The first kappa shape index (κ1) is 14.9. The average Bonchev–Trinajstić information content (AvgIpc) is 2.28. The number of rotatable bonds is 5. The normalized spacial score (nSPS) is 12.6. The molecule has 0 radical (unpaired) electrons. The Hall–Kier alpha value is -1.20. The van der Waals surface area contributed by atoms with Crippen LogP contribution >= 0.6 is 11.6 Å². The summed E-state index contributed by atoms with van der Waals surface area (Å²) < 4.78 is 13.5. The van der Waals surface area contributed by atoms with E-state index in [1.165, 1.54) is 12.1 Å². The number of aromatic nitrogens is 1.